The van der Waals surface area contributed by atoms with Crippen molar-refractivity contribution in [3.8, 4) is 0 Å². The minimum Gasteiger partial charge on any atom is -0.379 e. The number of halogens is 1. The van der Waals surface area contributed by atoms with E-state index in [9.17, 15) is 4.79 Å². The van der Waals surface area contributed by atoms with Crippen LogP contribution in [-0.2, 0) is 16.0 Å². The predicted molar refractivity (Wildman–Crippen MR) is 86.5 cm³/mol. The number of morpholine rings is 1. The van der Waals surface area contributed by atoms with Crippen molar-refractivity contribution in [2.45, 2.75) is 32.7 Å². The summed E-state index contributed by atoms with van der Waals surface area (Å²) < 4.78 is 10.4. The molecule has 1 aromatic rings. The van der Waals surface area contributed by atoms with Crippen molar-refractivity contribution in [1.82, 2.24) is 15.0 Å². The average Bonchev–Trinajstić information content (AvgIpc) is 3.14. The van der Waals surface area contributed by atoms with Gasteiger partial charge in [-0.2, -0.15) is 0 Å². The Morgan fingerprint density at radius 2 is 2.09 bits per heavy atom. The molecule has 7 heteroatoms. The molecule has 0 saturated carbocycles. The fourth-order valence-electron chi connectivity index (χ4n) is 3.60. The monoisotopic (exact) mass is 341 g/mol. The Bertz CT molecular complexity index is 537. The summed E-state index contributed by atoms with van der Waals surface area (Å²) in [6.45, 7) is 9.12. The number of hydrogen-bond acceptors (Lipinski definition) is 5. The molecule has 23 heavy (non-hydrogen) atoms. The van der Waals surface area contributed by atoms with E-state index in [1.54, 1.807) is 0 Å². The van der Waals surface area contributed by atoms with Crippen LogP contribution in [0.2, 0.25) is 5.22 Å². The molecule has 128 valence electrons. The summed E-state index contributed by atoms with van der Waals surface area (Å²) in [7, 11) is 0. The zero-order valence-corrected chi connectivity index (χ0v) is 14.5. The van der Waals surface area contributed by atoms with Crippen LogP contribution in [0, 0.1) is 12.8 Å². The molecule has 2 fully saturated rings. The van der Waals surface area contributed by atoms with Gasteiger partial charge in [-0.3, -0.25) is 9.69 Å². The van der Waals surface area contributed by atoms with Crippen LogP contribution in [0.5, 0.6) is 0 Å². The molecule has 3 rings (SSSR count). The second-order valence-electron chi connectivity index (χ2n) is 6.38. The largest absolute Gasteiger partial charge is 0.379 e. The van der Waals surface area contributed by atoms with Crippen LogP contribution >= 0.6 is 11.6 Å². The number of nitrogens with zero attached hydrogens (tertiary/aromatic N) is 3. The fraction of sp³-hybridized carbons (Fsp3) is 0.750. The number of hydrogen-bond donors (Lipinski definition) is 0. The molecule has 0 spiro atoms. The summed E-state index contributed by atoms with van der Waals surface area (Å²) in [5.41, 5.74) is 1.40. The number of rotatable bonds is 4. The normalized spacial score (nSPS) is 26.0. The first-order valence-corrected chi connectivity index (χ1v) is 8.68. The first-order chi connectivity index (χ1) is 11.1. The van der Waals surface area contributed by atoms with Gasteiger partial charge in [-0.1, -0.05) is 18.5 Å². The van der Waals surface area contributed by atoms with Crippen LogP contribution < -0.4 is 0 Å². The highest BCUT2D eigenvalue weighted by atomic mass is 35.5. The van der Waals surface area contributed by atoms with Gasteiger partial charge < -0.3 is 14.2 Å². The van der Waals surface area contributed by atoms with E-state index in [1.807, 2.05) is 11.8 Å². The Morgan fingerprint density at radius 3 is 2.70 bits per heavy atom. The van der Waals surface area contributed by atoms with Gasteiger partial charge in [-0.25, -0.2) is 0 Å². The number of likely N-dealkylation sites (tertiary alicyclic amines) is 1. The predicted octanol–water partition coefficient (Wildman–Crippen LogP) is 1.75. The molecule has 1 aromatic heterocycles. The molecule has 0 radical (unpaired) electrons. The van der Waals surface area contributed by atoms with Crippen molar-refractivity contribution in [2.24, 2.45) is 5.92 Å². The van der Waals surface area contributed by atoms with Crippen LogP contribution in [0.25, 0.3) is 0 Å². The number of carbonyl (C=O) groups excluding carboxylic acids is 1. The standard InChI is InChI=1S/C16H24ClN3O3/c1-3-12-9-20(10-14(12)19-4-6-22-7-5-19)15(21)8-13-11(2)18-23-16(13)17/h12,14H,3-10H2,1-2H3/t12-,14-/m1/s1. The highest BCUT2D eigenvalue weighted by molar-refractivity contribution is 6.29. The van der Waals surface area contributed by atoms with Crippen molar-refractivity contribution in [1.29, 1.82) is 0 Å². The average molecular weight is 342 g/mol. The highest BCUT2D eigenvalue weighted by Gasteiger charge is 2.38. The number of ether oxygens (including phenoxy) is 1. The van der Waals surface area contributed by atoms with Gasteiger partial charge in [0.15, 0.2) is 0 Å². The van der Waals surface area contributed by atoms with Gasteiger partial charge in [0.25, 0.3) is 0 Å². The summed E-state index contributed by atoms with van der Waals surface area (Å²) >= 11 is 5.98. The molecule has 1 amide bonds. The van der Waals surface area contributed by atoms with Gasteiger partial charge in [0.2, 0.25) is 11.1 Å². The molecule has 3 heterocycles. The molecule has 0 N–H and O–H groups in total. The van der Waals surface area contributed by atoms with Crippen LogP contribution in [0.4, 0.5) is 0 Å². The lowest BCUT2D eigenvalue weighted by molar-refractivity contribution is -0.129. The van der Waals surface area contributed by atoms with E-state index in [1.165, 1.54) is 0 Å². The minimum atomic E-state index is 0.104. The third-order valence-electron chi connectivity index (χ3n) is 5.06. The van der Waals surface area contributed by atoms with Crippen molar-refractivity contribution in [3.05, 3.63) is 16.5 Å². The maximum Gasteiger partial charge on any atom is 0.229 e. The molecule has 2 aliphatic rings. The lowest BCUT2D eigenvalue weighted by atomic mass is 9.99. The van der Waals surface area contributed by atoms with Gasteiger partial charge >= 0.3 is 0 Å². The highest BCUT2D eigenvalue weighted by Crippen LogP contribution is 2.27. The Hall–Kier alpha value is -1.11. The molecular weight excluding hydrogens is 318 g/mol. The molecule has 0 unspecified atom stereocenters. The SMILES string of the molecule is CC[C@@H]1CN(C(=O)Cc2c(C)noc2Cl)C[C@H]1N1CCOCC1. The summed E-state index contributed by atoms with van der Waals surface area (Å²) in [6.07, 6.45) is 1.35. The van der Waals surface area contributed by atoms with Crippen LogP contribution in [0.15, 0.2) is 4.52 Å². The van der Waals surface area contributed by atoms with E-state index >= 15 is 0 Å². The Morgan fingerprint density at radius 1 is 1.35 bits per heavy atom. The topological polar surface area (TPSA) is 58.8 Å². The summed E-state index contributed by atoms with van der Waals surface area (Å²) in [6, 6.07) is 0.437. The Labute approximate surface area is 141 Å². The van der Waals surface area contributed by atoms with Crippen molar-refractivity contribution >= 4 is 17.5 Å². The van der Waals surface area contributed by atoms with Crippen molar-refractivity contribution < 1.29 is 14.1 Å². The smallest absolute Gasteiger partial charge is 0.229 e. The first-order valence-electron chi connectivity index (χ1n) is 8.30. The zero-order chi connectivity index (χ0) is 16.4. The van der Waals surface area contributed by atoms with E-state index in [-0.39, 0.29) is 17.5 Å². The van der Waals surface area contributed by atoms with Gasteiger partial charge in [0.1, 0.15) is 0 Å². The van der Waals surface area contributed by atoms with E-state index in [0.717, 1.165) is 45.8 Å². The molecular formula is C16H24ClN3O3. The minimum absolute atomic E-state index is 0.104. The molecule has 0 bridgehead atoms. The molecule has 0 aliphatic carbocycles. The van der Waals surface area contributed by atoms with E-state index in [4.69, 9.17) is 20.9 Å². The maximum atomic E-state index is 12.7. The molecule has 2 aliphatic heterocycles. The van der Waals surface area contributed by atoms with E-state index in [0.29, 0.717) is 23.2 Å². The number of aryl methyl sites for hydroxylation is 1. The van der Waals surface area contributed by atoms with Gasteiger partial charge in [0, 0.05) is 37.8 Å². The summed E-state index contributed by atoms with van der Waals surface area (Å²) in [5.74, 6) is 0.628. The van der Waals surface area contributed by atoms with E-state index in [2.05, 4.69) is 17.0 Å². The Kier molecular flexibility index (Phi) is 5.24. The van der Waals surface area contributed by atoms with Crippen LogP contribution in [0.1, 0.15) is 24.6 Å². The second-order valence-corrected chi connectivity index (χ2v) is 6.72. The van der Waals surface area contributed by atoms with Crippen molar-refractivity contribution in [3.63, 3.8) is 0 Å². The third kappa shape index (κ3) is 3.54. The molecule has 6 nitrogen and oxygen atoms in total. The van der Waals surface area contributed by atoms with Crippen LogP contribution in [0.3, 0.4) is 0 Å². The van der Waals surface area contributed by atoms with Gasteiger partial charge in [0.05, 0.1) is 25.3 Å². The zero-order valence-electron chi connectivity index (χ0n) is 13.8. The lowest BCUT2D eigenvalue weighted by Crippen LogP contribution is -2.47. The maximum absolute atomic E-state index is 12.7. The summed E-state index contributed by atoms with van der Waals surface area (Å²) in [5, 5.41) is 4.04. The second kappa shape index (κ2) is 7.20. The molecule has 2 atom stereocenters. The van der Waals surface area contributed by atoms with Crippen LogP contribution in [-0.4, -0.2) is 66.3 Å². The van der Waals surface area contributed by atoms with Crippen molar-refractivity contribution in [2.75, 3.05) is 39.4 Å². The third-order valence-corrected chi connectivity index (χ3v) is 5.36. The molecule has 0 aromatic carbocycles. The summed E-state index contributed by atoms with van der Waals surface area (Å²) in [4.78, 5) is 17.1. The van der Waals surface area contributed by atoms with Gasteiger partial charge in [-0.15, -0.1) is 0 Å². The van der Waals surface area contributed by atoms with Gasteiger partial charge in [-0.05, 0) is 24.4 Å². The quantitative estimate of drug-likeness (QED) is 0.835. The number of carbonyl (C=O) groups is 1. The van der Waals surface area contributed by atoms with E-state index < -0.39 is 0 Å². The lowest BCUT2D eigenvalue weighted by Gasteiger charge is -2.34. The first kappa shape index (κ1) is 16.7. The fourth-order valence-corrected chi connectivity index (χ4v) is 3.84. The number of aromatic nitrogens is 1. The number of amides is 1. The molecule has 2 saturated heterocycles. The Balaban J connectivity index is 1.65.